The number of rotatable bonds is 8. The van der Waals surface area contributed by atoms with E-state index in [0.29, 0.717) is 24.4 Å². The summed E-state index contributed by atoms with van der Waals surface area (Å²) in [4.78, 5) is 27.4. The Morgan fingerprint density at radius 2 is 2.06 bits per heavy atom. The Labute approximate surface area is 198 Å². The molecule has 3 heterocycles. The minimum Gasteiger partial charge on any atom is -0.530 e. The van der Waals surface area contributed by atoms with Crippen molar-refractivity contribution in [1.29, 1.82) is 5.53 Å². The number of alkyl halides is 3. The molecule has 2 aromatic heterocycles. The van der Waals surface area contributed by atoms with Gasteiger partial charge in [0.1, 0.15) is 47.0 Å². The molecular weight excluding hydrogens is 471 g/mol. The van der Waals surface area contributed by atoms with Crippen LogP contribution in [0.3, 0.4) is 0 Å². The van der Waals surface area contributed by atoms with E-state index >= 15 is 0 Å². The van der Waals surface area contributed by atoms with Crippen LogP contribution in [0.15, 0.2) is 29.5 Å². The summed E-state index contributed by atoms with van der Waals surface area (Å²) < 4.78 is 44.5. The molecule has 14 heteroatoms. The Kier molecular flexibility index (Phi) is 7.97. The molecule has 1 aliphatic rings. The Bertz CT molecular complexity index is 1100. The number of amides is 1. The molecular formula is C21H24F3N7O4. The summed E-state index contributed by atoms with van der Waals surface area (Å²) in [5, 5.41) is 26.3. The molecule has 1 amide bonds. The third kappa shape index (κ3) is 6.49. The number of pyridine rings is 1. The Hall–Kier alpha value is -3.64. The Balaban J connectivity index is 1.92. The van der Waals surface area contributed by atoms with Gasteiger partial charge in [0, 0.05) is 43.3 Å². The molecule has 35 heavy (non-hydrogen) atoms. The number of carbonyl (C=O) groups is 1. The average Bonchev–Trinajstić information content (AvgIpc) is 2.82. The number of halogens is 3. The zero-order valence-electron chi connectivity index (χ0n) is 18.8. The van der Waals surface area contributed by atoms with Gasteiger partial charge in [-0.15, -0.1) is 0 Å². The van der Waals surface area contributed by atoms with Crippen molar-refractivity contribution in [1.82, 2.24) is 24.8 Å². The molecule has 0 aromatic carbocycles. The Morgan fingerprint density at radius 1 is 1.34 bits per heavy atom. The SMILES string of the molecule is Cc1ncc(C(O)(CCN=[N+]=N)COc2cccc(C(F)(F)F)n2)c(C2CCN(C(=O)[O-])CC2)n1. The van der Waals surface area contributed by atoms with Crippen LogP contribution >= 0.6 is 0 Å². The molecule has 2 aromatic rings. The maximum absolute atomic E-state index is 13.0. The number of nitrogens with zero attached hydrogens (tertiary/aromatic N) is 6. The third-order valence-corrected chi connectivity index (χ3v) is 5.75. The number of hydrogen-bond acceptors (Lipinski definition) is 9. The fourth-order valence-electron chi connectivity index (χ4n) is 3.91. The van der Waals surface area contributed by atoms with Gasteiger partial charge in [-0.2, -0.15) is 13.2 Å². The second kappa shape index (κ2) is 10.7. The number of carbonyl (C=O) groups excluding carboxylic acids is 1. The van der Waals surface area contributed by atoms with Crippen LogP contribution in [-0.4, -0.2) is 57.3 Å². The highest BCUT2D eigenvalue weighted by molar-refractivity contribution is 5.62. The highest BCUT2D eigenvalue weighted by atomic mass is 19.4. The van der Waals surface area contributed by atoms with Crippen LogP contribution in [0.1, 0.15) is 48.0 Å². The number of aromatic nitrogens is 3. The highest BCUT2D eigenvalue weighted by Gasteiger charge is 2.38. The monoisotopic (exact) mass is 495 g/mol. The van der Waals surface area contributed by atoms with Gasteiger partial charge in [0.2, 0.25) is 10.8 Å². The first kappa shape index (κ1) is 26.0. The van der Waals surface area contributed by atoms with E-state index < -0.39 is 30.2 Å². The molecule has 0 spiro atoms. The summed E-state index contributed by atoms with van der Waals surface area (Å²) >= 11 is 0. The second-order valence-corrected chi connectivity index (χ2v) is 8.14. The molecule has 0 aliphatic carbocycles. The third-order valence-electron chi connectivity index (χ3n) is 5.75. The van der Waals surface area contributed by atoms with Crippen LogP contribution in [0.5, 0.6) is 5.88 Å². The van der Waals surface area contributed by atoms with Gasteiger partial charge in [-0.1, -0.05) is 6.07 Å². The largest absolute Gasteiger partial charge is 0.530 e. The normalized spacial score (nSPS) is 16.3. The predicted molar refractivity (Wildman–Crippen MR) is 111 cm³/mol. The maximum Gasteiger partial charge on any atom is 0.433 e. The van der Waals surface area contributed by atoms with Gasteiger partial charge in [-0.05, 0) is 25.8 Å². The first-order valence-electron chi connectivity index (χ1n) is 10.8. The minimum absolute atomic E-state index is 0.0736. The molecule has 2 N–H and O–H groups in total. The van der Waals surface area contributed by atoms with Crippen molar-refractivity contribution in [2.24, 2.45) is 5.11 Å². The molecule has 1 fully saturated rings. The average molecular weight is 495 g/mol. The van der Waals surface area contributed by atoms with Gasteiger partial charge in [0.15, 0.2) is 0 Å². The molecule has 1 atom stereocenters. The van der Waals surface area contributed by atoms with Crippen molar-refractivity contribution in [2.75, 3.05) is 26.2 Å². The smallest absolute Gasteiger partial charge is 0.433 e. The summed E-state index contributed by atoms with van der Waals surface area (Å²) in [6.45, 7) is 1.55. The number of nitrogens with one attached hydrogen (secondary N) is 1. The molecule has 188 valence electrons. The predicted octanol–water partition coefficient (Wildman–Crippen LogP) is 1.93. The maximum atomic E-state index is 13.0. The van der Waals surface area contributed by atoms with E-state index in [4.69, 9.17) is 10.3 Å². The van der Waals surface area contributed by atoms with Crippen LogP contribution in [0, 0.1) is 12.5 Å². The number of hydrogen-bond donors (Lipinski definition) is 2. The second-order valence-electron chi connectivity index (χ2n) is 8.14. The summed E-state index contributed by atoms with van der Waals surface area (Å²) in [6.07, 6.45) is -3.74. The lowest BCUT2D eigenvalue weighted by molar-refractivity contribution is -0.266. The van der Waals surface area contributed by atoms with E-state index in [9.17, 15) is 28.2 Å². The summed E-state index contributed by atoms with van der Waals surface area (Å²) in [7, 11) is 0. The van der Waals surface area contributed by atoms with Crippen LogP contribution < -0.4 is 14.8 Å². The van der Waals surface area contributed by atoms with Crippen molar-refractivity contribution in [2.45, 2.75) is 43.9 Å². The lowest BCUT2D eigenvalue weighted by Crippen LogP contribution is -2.45. The van der Waals surface area contributed by atoms with Gasteiger partial charge in [-0.25, -0.2) is 15.0 Å². The lowest BCUT2D eigenvalue weighted by Gasteiger charge is -2.36. The number of aliphatic hydroxyl groups is 1. The quantitative estimate of drug-likeness (QED) is 0.418. The van der Waals surface area contributed by atoms with Gasteiger partial charge in [0.25, 0.3) is 0 Å². The number of carboxylic acid groups (broad SMARTS) is 1. The van der Waals surface area contributed by atoms with Crippen LogP contribution in [-0.2, 0) is 11.8 Å². The van der Waals surface area contributed by atoms with Crippen molar-refractivity contribution in [3.05, 3.63) is 47.2 Å². The molecule has 0 saturated carbocycles. The van der Waals surface area contributed by atoms with E-state index in [2.05, 4.69) is 25.0 Å². The van der Waals surface area contributed by atoms with Crippen LogP contribution in [0.2, 0.25) is 0 Å². The highest BCUT2D eigenvalue weighted by Crippen LogP contribution is 2.36. The first-order chi connectivity index (χ1) is 16.5. The van der Waals surface area contributed by atoms with Crippen LogP contribution in [0.4, 0.5) is 18.0 Å². The van der Waals surface area contributed by atoms with E-state index in [1.54, 1.807) is 6.92 Å². The summed E-state index contributed by atoms with van der Waals surface area (Å²) in [5.74, 6) is -0.115. The number of likely N-dealkylation sites (tertiary alicyclic amines) is 1. The fourth-order valence-corrected chi connectivity index (χ4v) is 3.91. The van der Waals surface area contributed by atoms with Crippen molar-refractivity contribution < 1.29 is 32.9 Å². The molecule has 1 aliphatic heterocycles. The first-order valence-corrected chi connectivity index (χ1v) is 10.8. The summed E-state index contributed by atoms with van der Waals surface area (Å²) in [5.41, 5.74) is 4.69. The molecule has 3 rings (SSSR count). The van der Waals surface area contributed by atoms with Crippen molar-refractivity contribution >= 4 is 6.09 Å². The van der Waals surface area contributed by atoms with Crippen LogP contribution in [0.25, 0.3) is 0 Å². The molecule has 1 unspecified atom stereocenters. The zero-order valence-corrected chi connectivity index (χ0v) is 18.8. The van der Waals surface area contributed by atoms with Gasteiger partial charge in [0.05, 0.1) is 5.69 Å². The number of piperidine rings is 1. The van der Waals surface area contributed by atoms with E-state index in [1.807, 2.05) is 0 Å². The summed E-state index contributed by atoms with van der Waals surface area (Å²) in [6, 6.07) is 3.18. The van der Waals surface area contributed by atoms with E-state index in [0.717, 1.165) is 12.1 Å². The standard InChI is InChI=1S/C21H24F3N7O4/c1-13-26-11-15(18(28-13)14-5-9-31(10-6-14)19(32)33)20(34,7-8-27-30-25)12-35-17-4-2-3-16(29-17)21(22,23)24/h2-4,11,14,25,34H,5-10,12H2,1H3. The van der Waals surface area contributed by atoms with Crippen molar-refractivity contribution in [3.8, 4) is 5.88 Å². The van der Waals surface area contributed by atoms with Crippen molar-refractivity contribution in [3.63, 3.8) is 0 Å². The molecule has 0 bridgehead atoms. The lowest BCUT2D eigenvalue weighted by atomic mass is 9.83. The number of ether oxygens (including phenoxy) is 1. The van der Waals surface area contributed by atoms with Gasteiger partial charge < -0.3 is 24.6 Å². The molecule has 11 nitrogen and oxygen atoms in total. The van der Waals surface area contributed by atoms with Gasteiger partial charge >= 0.3 is 6.18 Å². The van der Waals surface area contributed by atoms with E-state index in [-0.39, 0.29) is 43.4 Å². The molecule has 1 saturated heterocycles. The molecule has 0 radical (unpaired) electrons. The Morgan fingerprint density at radius 3 is 2.69 bits per heavy atom. The zero-order chi connectivity index (χ0) is 25.6. The number of aryl methyl sites for hydroxylation is 1. The topological polar surface area (TPSA) is 162 Å². The van der Waals surface area contributed by atoms with Gasteiger partial charge in [-0.3, -0.25) is 0 Å². The van der Waals surface area contributed by atoms with E-state index in [1.165, 1.54) is 17.2 Å². The fraction of sp³-hybridized carbons (Fsp3) is 0.524. The minimum atomic E-state index is -4.66.